The van der Waals surface area contributed by atoms with Crippen molar-refractivity contribution in [3.8, 4) is 0 Å². The van der Waals surface area contributed by atoms with E-state index in [0.717, 1.165) is 54.8 Å². The van der Waals surface area contributed by atoms with E-state index >= 15 is 0 Å². The van der Waals surface area contributed by atoms with Gasteiger partial charge < -0.3 is 0 Å². The Morgan fingerprint density at radius 2 is 1.69 bits per heavy atom. The van der Waals surface area contributed by atoms with Gasteiger partial charge in [-0.3, -0.25) is 4.90 Å². The summed E-state index contributed by atoms with van der Waals surface area (Å²) in [4.78, 5) is 15.6. The first kappa shape index (κ1) is 22.6. The van der Waals surface area contributed by atoms with Gasteiger partial charge in [0, 0.05) is 54.0 Å². The Kier molecular flexibility index (Phi) is 5.96. The van der Waals surface area contributed by atoms with Gasteiger partial charge in [0.15, 0.2) is 5.65 Å². The minimum atomic E-state index is -4.50. The Balaban J connectivity index is 1.53. The number of hydrogen-bond donors (Lipinski definition) is 0. The normalized spacial score (nSPS) is 16.7. The van der Waals surface area contributed by atoms with Gasteiger partial charge in [0.1, 0.15) is 11.5 Å². The molecule has 3 aromatic heterocycles. The number of nitrogens with zero attached hydrogens (tertiary/aromatic N) is 6. The highest BCUT2D eigenvalue weighted by atomic mass is 19.4. The van der Waals surface area contributed by atoms with Crippen molar-refractivity contribution in [3.63, 3.8) is 0 Å². The molecule has 0 unspecified atom stereocenters. The molecule has 9 heteroatoms. The Morgan fingerprint density at radius 1 is 1.03 bits per heavy atom. The van der Waals surface area contributed by atoms with Gasteiger partial charge in [0.2, 0.25) is 0 Å². The van der Waals surface area contributed by atoms with Gasteiger partial charge >= 0.3 is 6.18 Å². The Hall–Kier alpha value is -2.55. The predicted octanol–water partition coefficient (Wildman–Crippen LogP) is 4.78. The molecule has 0 radical (unpaired) electrons. The number of piperidine rings is 1. The Labute approximate surface area is 185 Å². The van der Waals surface area contributed by atoms with Gasteiger partial charge in [-0.1, -0.05) is 27.7 Å². The summed E-state index contributed by atoms with van der Waals surface area (Å²) >= 11 is 0. The molecule has 1 saturated heterocycles. The zero-order chi connectivity index (χ0) is 23.1. The summed E-state index contributed by atoms with van der Waals surface area (Å²) in [5, 5.41) is 4.22. The highest BCUT2D eigenvalue weighted by Crippen LogP contribution is 2.35. The first-order valence-corrected chi connectivity index (χ1v) is 11.0. The molecule has 0 N–H and O–H groups in total. The van der Waals surface area contributed by atoms with E-state index in [-0.39, 0.29) is 17.0 Å². The fourth-order valence-electron chi connectivity index (χ4n) is 4.06. The third-order valence-electron chi connectivity index (χ3n) is 5.99. The molecule has 0 atom stereocenters. The van der Waals surface area contributed by atoms with Gasteiger partial charge in [0.25, 0.3) is 0 Å². The van der Waals surface area contributed by atoms with Crippen LogP contribution in [0.25, 0.3) is 5.65 Å². The fourth-order valence-corrected chi connectivity index (χ4v) is 4.06. The number of aryl methyl sites for hydroxylation is 1. The third kappa shape index (κ3) is 4.77. The number of likely N-dealkylation sites (tertiary alicyclic amines) is 1. The summed E-state index contributed by atoms with van der Waals surface area (Å²) in [6.45, 7) is 10.1. The van der Waals surface area contributed by atoms with Crippen molar-refractivity contribution in [3.05, 3.63) is 53.0 Å². The van der Waals surface area contributed by atoms with Crippen LogP contribution in [0.1, 0.15) is 74.9 Å². The molecular weight excluding hydrogens is 417 g/mol. The predicted molar refractivity (Wildman–Crippen MR) is 115 cm³/mol. The maximum Gasteiger partial charge on any atom is 0.433 e. The van der Waals surface area contributed by atoms with Crippen LogP contribution in [0, 0.1) is 0 Å². The highest BCUT2D eigenvalue weighted by molar-refractivity contribution is 5.44. The van der Waals surface area contributed by atoms with E-state index in [2.05, 4.69) is 25.0 Å². The fraction of sp³-hybridized carbons (Fsp3) is 0.565. The third-order valence-corrected chi connectivity index (χ3v) is 5.99. The van der Waals surface area contributed by atoms with Crippen LogP contribution in [0.2, 0.25) is 0 Å². The monoisotopic (exact) mass is 446 g/mol. The maximum atomic E-state index is 13.8. The molecule has 1 aliphatic rings. The molecule has 0 amide bonds. The number of alkyl halides is 3. The molecular formula is C23H29F3N6. The van der Waals surface area contributed by atoms with Crippen molar-refractivity contribution in [1.29, 1.82) is 0 Å². The number of fused-ring (bicyclic) bond motifs is 1. The second-order valence-corrected chi connectivity index (χ2v) is 9.53. The molecule has 0 spiro atoms. The minimum absolute atomic E-state index is 0.0101. The molecule has 0 aliphatic carbocycles. The van der Waals surface area contributed by atoms with Crippen molar-refractivity contribution in [2.75, 3.05) is 13.1 Å². The number of halogens is 3. The molecule has 3 aromatic rings. The second kappa shape index (κ2) is 8.42. The maximum absolute atomic E-state index is 13.8. The highest BCUT2D eigenvalue weighted by Gasteiger charge is 2.37. The molecule has 0 saturated carbocycles. The van der Waals surface area contributed by atoms with Gasteiger partial charge in [0.05, 0.1) is 5.69 Å². The standard InChI is InChI=1S/C23H29F3N6/c1-5-20-27-12-15(13-28-20)14-31-8-6-16(7-9-31)17-10-19(23(24,25)26)32-21(29-17)11-18(30-32)22(2,3)4/h10-13,16H,5-9,14H2,1-4H3. The van der Waals surface area contributed by atoms with Gasteiger partial charge in [-0.05, 0) is 32.0 Å². The summed E-state index contributed by atoms with van der Waals surface area (Å²) in [6.07, 6.45) is 1.54. The molecule has 6 nitrogen and oxygen atoms in total. The second-order valence-electron chi connectivity index (χ2n) is 9.53. The van der Waals surface area contributed by atoms with Crippen LogP contribution in [-0.4, -0.2) is 42.6 Å². The summed E-state index contributed by atoms with van der Waals surface area (Å²) in [5.74, 6) is 0.813. The number of aromatic nitrogens is 5. The average molecular weight is 447 g/mol. The molecule has 0 aromatic carbocycles. The van der Waals surface area contributed by atoms with E-state index in [1.54, 1.807) is 6.07 Å². The zero-order valence-corrected chi connectivity index (χ0v) is 18.9. The molecule has 32 heavy (non-hydrogen) atoms. The van der Waals surface area contributed by atoms with Gasteiger partial charge in [-0.15, -0.1) is 0 Å². The van der Waals surface area contributed by atoms with E-state index in [4.69, 9.17) is 0 Å². The lowest BCUT2D eigenvalue weighted by atomic mass is 9.92. The van der Waals surface area contributed by atoms with Crippen LogP contribution in [0.15, 0.2) is 24.5 Å². The molecule has 4 rings (SSSR count). The summed E-state index contributed by atoms with van der Waals surface area (Å²) < 4.78 is 42.4. The van der Waals surface area contributed by atoms with Crippen LogP contribution in [0.3, 0.4) is 0 Å². The van der Waals surface area contributed by atoms with E-state index in [1.165, 1.54) is 6.07 Å². The van der Waals surface area contributed by atoms with Crippen LogP contribution in [-0.2, 0) is 24.6 Å². The Morgan fingerprint density at radius 3 is 2.25 bits per heavy atom. The quantitative estimate of drug-likeness (QED) is 0.577. The molecule has 4 heterocycles. The van der Waals surface area contributed by atoms with E-state index < -0.39 is 11.9 Å². The van der Waals surface area contributed by atoms with E-state index in [9.17, 15) is 13.2 Å². The first-order chi connectivity index (χ1) is 15.0. The largest absolute Gasteiger partial charge is 0.433 e. The van der Waals surface area contributed by atoms with Gasteiger partial charge in [-0.2, -0.15) is 18.3 Å². The minimum Gasteiger partial charge on any atom is -0.299 e. The molecule has 1 fully saturated rings. The van der Waals surface area contributed by atoms with Crippen LogP contribution in [0.5, 0.6) is 0 Å². The first-order valence-electron chi connectivity index (χ1n) is 11.0. The summed E-state index contributed by atoms with van der Waals surface area (Å²) in [5.41, 5.74) is 1.29. The summed E-state index contributed by atoms with van der Waals surface area (Å²) in [6, 6.07) is 2.86. The molecule has 172 valence electrons. The lowest BCUT2D eigenvalue weighted by molar-refractivity contribution is -0.142. The van der Waals surface area contributed by atoms with E-state index in [0.29, 0.717) is 11.4 Å². The smallest absolute Gasteiger partial charge is 0.299 e. The van der Waals surface area contributed by atoms with Crippen molar-refractivity contribution < 1.29 is 13.2 Å². The number of hydrogen-bond acceptors (Lipinski definition) is 5. The van der Waals surface area contributed by atoms with Crippen molar-refractivity contribution in [1.82, 2.24) is 29.5 Å². The number of rotatable bonds is 4. The van der Waals surface area contributed by atoms with Crippen LogP contribution >= 0.6 is 0 Å². The topological polar surface area (TPSA) is 59.2 Å². The van der Waals surface area contributed by atoms with Crippen molar-refractivity contribution in [2.45, 2.75) is 71.0 Å². The SMILES string of the molecule is CCc1ncc(CN2CCC(c3cc(C(F)(F)F)n4nc(C(C)(C)C)cc4n3)CC2)cn1. The molecule has 0 bridgehead atoms. The average Bonchev–Trinajstić information content (AvgIpc) is 3.18. The van der Waals surface area contributed by atoms with Crippen molar-refractivity contribution >= 4 is 5.65 Å². The lowest BCUT2D eigenvalue weighted by Gasteiger charge is -2.31. The summed E-state index contributed by atoms with van der Waals surface area (Å²) in [7, 11) is 0. The van der Waals surface area contributed by atoms with Crippen LogP contribution in [0.4, 0.5) is 13.2 Å². The molecule has 1 aliphatic heterocycles. The lowest BCUT2D eigenvalue weighted by Crippen LogP contribution is -2.33. The van der Waals surface area contributed by atoms with Crippen LogP contribution < -0.4 is 0 Å². The zero-order valence-electron chi connectivity index (χ0n) is 18.9. The van der Waals surface area contributed by atoms with Crippen molar-refractivity contribution in [2.24, 2.45) is 0 Å². The van der Waals surface area contributed by atoms with Gasteiger partial charge in [-0.25, -0.2) is 19.5 Å². The Bertz CT molecular complexity index is 1070. The van der Waals surface area contributed by atoms with E-state index in [1.807, 2.05) is 40.1 Å².